The quantitative estimate of drug-likeness (QED) is 0.0891. The third-order valence-corrected chi connectivity index (χ3v) is 11.2. The maximum absolute atomic E-state index is 13.7. The van der Waals surface area contributed by atoms with Crippen LogP contribution >= 0.6 is 20.0 Å². The summed E-state index contributed by atoms with van der Waals surface area (Å²) in [6, 6.07) is 15.6. The lowest BCUT2D eigenvalue weighted by molar-refractivity contribution is -0.134. The molecular formula is C30H48ClN6O6PS. The van der Waals surface area contributed by atoms with E-state index in [4.69, 9.17) is 20.2 Å². The predicted molar refractivity (Wildman–Crippen MR) is 179 cm³/mol. The summed E-state index contributed by atoms with van der Waals surface area (Å²) < 4.78 is 53.9. The maximum Gasteiger partial charge on any atom is 0.344 e. The monoisotopic (exact) mass is 686 g/mol. The molecule has 2 aromatic carbocycles. The Morgan fingerprint density at radius 3 is 2.20 bits per heavy atom. The lowest BCUT2D eigenvalue weighted by Crippen LogP contribution is -2.55. The number of carbonyl (C=O) groups excluding carboxylic acids is 1. The van der Waals surface area contributed by atoms with Gasteiger partial charge in [0.2, 0.25) is 15.9 Å². The molecule has 1 fully saturated rings. The molecule has 0 saturated carbocycles. The predicted octanol–water partition coefficient (Wildman–Crippen LogP) is 3.71. The molecule has 1 heterocycles. The van der Waals surface area contributed by atoms with Gasteiger partial charge in [-0.1, -0.05) is 56.3 Å². The fourth-order valence-corrected chi connectivity index (χ4v) is 8.24. The summed E-state index contributed by atoms with van der Waals surface area (Å²) in [5.41, 5.74) is 6.82. The van der Waals surface area contributed by atoms with Crippen LogP contribution in [0.2, 0.25) is 0 Å². The summed E-state index contributed by atoms with van der Waals surface area (Å²) in [6.45, 7) is 10.0. The zero-order valence-electron chi connectivity index (χ0n) is 26.5. The Balaban J connectivity index is 0.00000705. The number of halogens is 1. The van der Waals surface area contributed by atoms with Gasteiger partial charge in [0.1, 0.15) is 12.3 Å². The molecule has 1 aliphatic rings. The van der Waals surface area contributed by atoms with Crippen molar-refractivity contribution in [2.24, 2.45) is 5.73 Å². The van der Waals surface area contributed by atoms with Crippen LogP contribution in [-0.2, 0) is 33.8 Å². The van der Waals surface area contributed by atoms with Gasteiger partial charge in [-0.2, -0.15) is 4.72 Å². The average molecular weight is 687 g/mol. The fourth-order valence-electron chi connectivity index (χ4n) is 5.18. The van der Waals surface area contributed by atoms with Crippen LogP contribution in [0.5, 0.6) is 0 Å². The molecule has 0 unspecified atom stereocenters. The van der Waals surface area contributed by atoms with E-state index < -0.39 is 29.1 Å². The smallest absolute Gasteiger partial charge is 0.344 e. The number of nitrogens with two attached hydrogens (primary N) is 1. The average Bonchev–Trinajstić information content (AvgIpc) is 2.99. The minimum atomic E-state index is -4.07. The summed E-state index contributed by atoms with van der Waals surface area (Å²) in [5.74, 6) is -0.534. The molecule has 2 aromatic rings. The van der Waals surface area contributed by atoms with E-state index in [0.717, 1.165) is 11.1 Å². The van der Waals surface area contributed by atoms with E-state index in [1.807, 2.05) is 55.1 Å². The molecule has 15 heteroatoms. The number of guanidine groups is 1. The number of piperazine rings is 1. The lowest BCUT2D eigenvalue weighted by Gasteiger charge is -2.37. The highest BCUT2D eigenvalue weighted by Gasteiger charge is 2.34. The molecule has 3 rings (SSSR count). The Labute approximate surface area is 273 Å². The normalized spacial score (nSPS) is 15.2. The summed E-state index contributed by atoms with van der Waals surface area (Å²) >= 11 is 0. The first-order valence-electron chi connectivity index (χ1n) is 15.0. The highest BCUT2D eigenvalue weighted by atomic mass is 35.5. The van der Waals surface area contributed by atoms with E-state index in [1.54, 1.807) is 30.9 Å². The zero-order chi connectivity index (χ0) is 32.4. The van der Waals surface area contributed by atoms with E-state index in [-0.39, 0.29) is 55.1 Å². The molecule has 1 saturated heterocycles. The van der Waals surface area contributed by atoms with Crippen molar-refractivity contribution >= 4 is 41.9 Å². The molecule has 0 bridgehead atoms. The van der Waals surface area contributed by atoms with Crippen molar-refractivity contribution in [2.75, 3.05) is 52.2 Å². The van der Waals surface area contributed by atoms with Crippen molar-refractivity contribution in [2.45, 2.75) is 56.9 Å². The molecule has 0 aliphatic carbocycles. The molecule has 5 N–H and O–H groups in total. The zero-order valence-corrected chi connectivity index (χ0v) is 29.1. The van der Waals surface area contributed by atoms with Crippen molar-refractivity contribution < 1.29 is 26.8 Å². The van der Waals surface area contributed by atoms with Gasteiger partial charge < -0.3 is 25.0 Å². The summed E-state index contributed by atoms with van der Waals surface area (Å²) in [5, 5.41) is 10.1. The van der Waals surface area contributed by atoms with Crippen LogP contribution in [-0.4, -0.2) is 88.3 Å². The summed E-state index contributed by atoms with van der Waals surface area (Å²) in [7, 11) is -7.35. The third-order valence-electron chi connectivity index (χ3n) is 7.65. The first-order chi connectivity index (χ1) is 20.8. The number of rotatable bonds is 16. The van der Waals surface area contributed by atoms with Crippen LogP contribution in [0.15, 0.2) is 59.5 Å². The molecule has 0 radical (unpaired) electrons. The second-order valence-corrected chi connectivity index (χ2v) is 14.9. The summed E-state index contributed by atoms with van der Waals surface area (Å²) in [6.07, 6.45) is 0.738. The van der Waals surface area contributed by atoms with Gasteiger partial charge in [0.05, 0.1) is 18.1 Å². The van der Waals surface area contributed by atoms with E-state index in [9.17, 15) is 17.8 Å². The Bertz CT molecular complexity index is 1400. The van der Waals surface area contributed by atoms with Crippen molar-refractivity contribution in [3.05, 3.63) is 65.7 Å². The minimum Gasteiger partial charge on any atom is -0.370 e. The maximum atomic E-state index is 13.7. The van der Waals surface area contributed by atoms with Gasteiger partial charge in [-0.25, -0.2) is 8.42 Å². The minimum absolute atomic E-state index is 0. The van der Waals surface area contributed by atoms with Gasteiger partial charge in [-0.3, -0.25) is 19.7 Å². The van der Waals surface area contributed by atoms with Gasteiger partial charge in [0.25, 0.3) is 0 Å². The molecule has 1 aliphatic heterocycles. The van der Waals surface area contributed by atoms with Crippen LogP contribution in [0.3, 0.4) is 0 Å². The first-order valence-corrected chi connectivity index (χ1v) is 18.2. The van der Waals surface area contributed by atoms with Gasteiger partial charge in [0, 0.05) is 38.1 Å². The Kier molecular flexibility index (Phi) is 15.0. The number of benzene rings is 2. The molecule has 0 aromatic heterocycles. The second kappa shape index (κ2) is 17.4. The molecule has 12 nitrogen and oxygen atoms in total. The van der Waals surface area contributed by atoms with Crippen molar-refractivity contribution in [1.82, 2.24) is 19.8 Å². The van der Waals surface area contributed by atoms with Crippen LogP contribution in [0.4, 0.5) is 0 Å². The molecule has 0 spiro atoms. The van der Waals surface area contributed by atoms with E-state index >= 15 is 0 Å². The van der Waals surface area contributed by atoms with E-state index in [1.165, 1.54) is 6.07 Å². The topological polar surface area (TPSA) is 167 Å². The van der Waals surface area contributed by atoms with Crippen LogP contribution in [0.1, 0.15) is 51.7 Å². The molecule has 1 amide bonds. The van der Waals surface area contributed by atoms with E-state index in [0.29, 0.717) is 39.1 Å². The molecule has 1 atom stereocenters. The number of amides is 1. The first kappa shape index (κ1) is 38.7. The van der Waals surface area contributed by atoms with Crippen LogP contribution < -0.4 is 15.8 Å². The highest BCUT2D eigenvalue weighted by molar-refractivity contribution is 7.89. The van der Waals surface area contributed by atoms with Crippen LogP contribution in [0.25, 0.3) is 0 Å². The van der Waals surface area contributed by atoms with E-state index in [2.05, 4.69) is 10.0 Å². The Morgan fingerprint density at radius 1 is 1.02 bits per heavy atom. The van der Waals surface area contributed by atoms with Gasteiger partial charge in [-0.15, -0.1) is 12.4 Å². The standard InChI is InChI=1S/C30H47N6O6PS.ClH/c1-5-41-43(38,42-6-2)23-35-18-20-36(21-19-35)28(37)27(16-11-17-33-29(31)32)34-44(39,40)26-15-10-14-25(22-26)30(3,4)24-12-8-7-9-13-24;/h7-10,12-15,22,27,34H,5-6,11,16-21,23H2,1-4H3,(H4,31,32,33);1H/t27-;/m0./s1. The number of sulfonamides is 1. The Hall–Kier alpha value is -2.51. The number of nitrogens with one attached hydrogen (secondary N) is 3. The van der Waals surface area contributed by atoms with Gasteiger partial charge in [-0.05, 0) is 49.9 Å². The molecule has 252 valence electrons. The number of nitrogens with zero attached hydrogens (tertiary/aromatic N) is 2. The number of hydrogen-bond acceptors (Lipinski definition) is 8. The highest BCUT2D eigenvalue weighted by Crippen LogP contribution is 2.48. The van der Waals surface area contributed by atoms with Crippen LogP contribution in [0, 0.1) is 5.41 Å². The van der Waals surface area contributed by atoms with Crippen molar-refractivity contribution in [3.8, 4) is 0 Å². The molecular weight excluding hydrogens is 639 g/mol. The SMILES string of the molecule is CCOP(=O)(CN1CCN(C(=O)[C@H](CCCNC(=N)N)NS(=O)(=O)c2cccc(C(C)(C)c3ccccc3)c2)CC1)OCC.Cl. The summed E-state index contributed by atoms with van der Waals surface area (Å²) in [4.78, 5) is 17.4. The number of hydrogen-bond donors (Lipinski definition) is 4. The molecule has 45 heavy (non-hydrogen) atoms. The van der Waals surface area contributed by atoms with Gasteiger partial charge in [0.15, 0.2) is 5.96 Å². The fraction of sp³-hybridized carbons (Fsp3) is 0.533. The third kappa shape index (κ3) is 11.1. The van der Waals surface area contributed by atoms with Crippen molar-refractivity contribution in [1.29, 1.82) is 5.41 Å². The Morgan fingerprint density at radius 2 is 1.62 bits per heavy atom. The second-order valence-electron chi connectivity index (χ2n) is 11.2. The largest absolute Gasteiger partial charge is 0.370 e. The number of carbonyl (C=O) groups is 1. The van der Waals surface area contributed by atoms with Crippen molar-refractivity contribution in [3.63, 3.8) is 0 Å². The lowest BCUT2D eigenvalue weighted by atomic mass is 9.78. The van der Waals surface area contributed by atoms with Gasteiger partial charge >= 0.3 is 7.60 Å².